The summed E-state index contributed by atoms with van der Waals surface area (Å²) in [6, 6.07) is 9.42. The lowest BCUT2D eigenvalue weighted by atomic mass is 10.3. The van der Waals surface area contributed by atoms with Gasteiger partial charge in [-0.2, -0.15) is 8.78 Å². The van der Waals surface area contributed by atoms with E-state index < -0.39 is 6.55 Å². The van der Waals surface area contributed by atoms with E-state index in [-0.39, 0.29) is 6.54 Å². The summed E-state index contributed by atoms with van der Waals surface area (Å²) in [6.07, 6.45) is 2.63. The van der Waals surface area contributed by atoms with Crippen molar-refractivity contribution in [2.45, 2.75) is 13.1 Å². The highest BCUT2D eigenvalue weighted by atomic mass is 19.3. The second kappa shape index (κ2) is 6.84. The van der Waals surface area contributed by atoms with Crippen molar-refractivity contribution in [1.82, 2.24) is 14.9 Å². The van der Waals surface area contributed by atoms with E-state index in [1.807, 2.05) is 30.3 Å². The second-order valence-electron chi connectivity index (χ2n) is 3.87. The van der Waals surface area contributed by atoms with E-state index in [9.17, 15) is 8.78 Å². The third-order valence-electron chi connectivity index (χ3n) is 2.53. The molecule has 0 aliphatic heterocycles. The Morgan fingerprint density at radius 3 is 2.79 bits per heavy atom. The zero-order valence-electron chi connectivity index (χ0n) is 10.3. The standard InChI is InChI=1S/C13H15F2N3O/c14-13(15)18-8-6-17-12(18)10-16-7-9-19-11-4-2-1-3-5-11/h1-6,8,13,16H,7,9-10H2. The van der Waals surface area contributed by atoms with E-state index in [0.717, 1.165) is 10.3 Å². The molecule has 0 spiro atoms. The van der Waals surface area contributed by atoms with Crippen molar-refractivity contribution in [1.29, 1.82) is 0 Å². The lowest BCUT2D eigenvalue weighted by Gasteiger charge is -2.09. The van der Waals surface area contributed by atoms with Crippen LogP contribution in [0.2, 0.25) is 0 Å². The minimum atomic E-state index is -2.56. The number of aromatic nitrogens is 2. The van der Waals surface area contributed by atoms with Gasteiger partial charge in [-0.25, -0.2) is 4.98 Å². The molecule has 0 aliphatic rings. The summed E-state index contributed by atoms with van der Waals surface area (Å²) in [6.45, 7) is -1.24. The fourth-order valence-electron chi connectivity index (χ4n) is 1.62. The molecule has 0 aliphatic carbocycles. The largest absolute Gasteiger partial charge is 0.492 e. The van der Waals surface area contributed by atoms with Crippen molar-refractivity contribution in [3.05, 3.63) is 48.5 Å². The molecule has 19 heavy (non-hydrogen) atoms. The number of benzene rings is 1. The Labute approximate surface area is 110 Å². The SMILES string of the molecule is FC(F)n1ccnc1CNCCOc1ccccc1. The number of halogens is 2. The van der Waals surface area contributed by atoms with Gasteiger partial charge in [-0.3, -0.25) is 4.57 Å². The summed E-state index contributed by atoms with van der Waals surface area (Å²) in [5, 5.41) is 3.01. The molecule has 1 aromatic heterocycles. The van der Waals surface area contributed by atoms with Crippen molar-refractivity contribution in [3.8, 4) is 5.75 Å². The molecule has 0 radical (unpaired) electrons. The van der Waals surface area contributed by atoms with E-state index >= 15 is 0 Å². The number of rotatable bonds is 7. The molecule has 0 bridgehead atoms. The Morgan fingerprint density at radius 1 is 1.26 bits per heavy atom. The number of hydrogen-bond acceptors (Lipinski definition) is 3. The average molecular weight is 267 g/mol. The van der Waals surface area contributed by atoms with Crippen LogP contribution in [0.3, 0.4) is 0 Å². The van der Waals surface area contributed by atoms with Gasteiger partial charge in [0.15, 0.2) is 0 Å². The van der Waals surface area contributed by atoms with Crippen LogP contribution in [0.15, 0.2) is 42.7 Å². The van der Waals surface area contributed by atoms with Crippen molar-refractivity contribution < 1.29 is 13.5 Å². The number of imidazole rings is 1. The van der Waals surface area contributed by atoms with Gasteiger partial charge in [-0.05, 0) is 12.1 Å². The van der Waals surface area contributed by atoms with Crippen molar-refractivity contribution in [2.75, 3.05) is 13.2 Å². The minimum Gasteiger partial charge on any atom is -0.492 e. The van der Waals surface area contributed by atoms with Gasteiger partial charge in [0.25, 0.3) is 0 Å². The van der Waals surface area contributed by atoms with Crippen LogP contribution in [0.4, 0.5) is 8.78 Å². The number of ether oxygens (including phenoxy) is 1. The van der Waals surface area contributed by atoms with Crippen molar-refractivity contribution >= 4 is 0 Å². The summed E-state index contributed by atoms with van der Waals surface area (Å²) < 4.78 is 31.4. The molecule has 2 aromatic rings. The third kappa shape index (κ3) is 4.03. The Hall–Kier alpha value is -1.95. The van der Waals surface area contributed by atoms with Crippen LogP contribution >= 0.6 is 0 Å². The smallest absolute Gasteiger partial charge is 0.319 e. The van der Waals surface area contributed by atoms with Gasteiger partial charge in [0.05, 0.1) is 6.54 Å². The molecule has 0 saturated carbocycles. The highest BCUT2D eigenvalue weighted by Gasteiger charge is 2.10. The van der Waals surface area contributed by atoms with Gasteiger partial charge in [-0.15, -0.1) is 0 Å². The Bertz CT molecular complexity index is 488. The molecule has 102 valence electrons. The molecule has 0 unspecified atom stereocenters. The summed E-state index contributed by atoms with van der Waals surface area (Å²) in [5.41, 5.74) is 0. The van der Waals surface area contributed by atoms with Gasteiger partial charge in [0.1, 0.15) is 18.2 Å². The van der Waals surface area contributed by atoms with E-state index in [0.29, 0.717) is 19.0 Å². The first-order valence-corrected chi connectivity index (χ1v) is 5.96. The maximum Gasteiger partial charge on any atom is 0.319 e. The molecule has 2 rings (SSSR count). The van der Waals surface area contributed by atoms with Crippen LogP contribution in [-0.2, 0) is 6.54 Å². The third-order valence-corrected chi connectivity index (χ3v) is 2.53. The van der Waals surface area contributed by atoms with E-state index in [1.54, 1.807) is 0 Å². The Balaban J connectivity index is 1.68. The topological polar surface area (TPSA) is 39.1 Å². The molecular weight excluding hydrogens is 252 g/mol. The number of hydrogen-bond donors (Lipinski definition) is 1. The maximum atomic E-state index is 12.5. The van der Waals surface area contributed by atoms with Crippen molar-refractivity contribution in [3.63, 3.8) is 0 Å². The molecule has 0 amide bonds. The molecule has 1 N–H and O–H groups in total. The first-order valence-electron chi connectivity index (χ1n) is 5.96. The highest BCUT2D eigenvalue weighted by Crippen LogP contribution is 2.12. The van der Waals surface area contributed by atoms with E-state index in [1.165, 1.54) is 12.4 Å². The molecule has 1 aromatic carbocycles. The van der Waals surface area contributed by atoms with Gasteiger partial charge in [-0.1, -0.05) is 18.2 Å². The van der Waals surface area contributed by atoms with Crippen LogP contribution in [0.25, 0.3) is 0 Å². The quantitative estimate of drug-likeness (QED) is 0.783. The van der Waals surface area contributed by atoms with Gasteiger partial charge < -0.3 is 10.1 Å². The Kier molecular flexibility index (Phi) is 4.85. The lowest BCUT2D eigenvalue weighted by Crippen LogP contribution is -2.22. The Morgan fingerprint density at radius 2 is 2.05 bits per heavy atom. The average Bonchev–Trinajstić information content (AvgIpc) is 2.88. The van der Waals surface area contributed by atoms with Crippen LogP contribution in [-0.4, -0.2) is 22.7 Å². The number of alkyl halides is 2. The predicted molar refractivity (Wildman–Crippen MR) is 67.1 cm³/mol. The van der Waals surface area contributed by atoms with Gasteiger partial charge in [0, 0.05) is 18.9 Å². The summed E-state index contributed by atoms with van der Waals surface area (Å²) in [5.74, 6) is 1.10. The first-order chi connectivity index (χ1) is 9.27. The molecule has 1 heterocycles. The van der Waals surface area contributed by atoms with Gasteiger partial charge >= 0.3 is 6.55 Å². The van der Waals surface area contributed by atoms with Crippen LogP contribution < -0.4 is 10.1 Å². The molecule has 0 saturated heterocycles. The van der Waals surface area contributed by atoms with E-state index in [2.05, 4.69) is 10.3 Å². The second-order valence-corrected chi connectivity index (χ2v) is 3.87. The lowest BCUT2D eigenvalue weighted by molar-refractivity contribution is 0.0666. The zero-order chi connectivity index (χ0) is 13.5. The van der Waals surface area contributed by atoms with Gasteiger partial charge in [0.2, 0.25) is 0 Å². The number of nitrogens with one attached hydrogen (secondary N) is 1. The molecule has 0 atom stereocenters. The number of nitrogens with zero attached hydrogens (tertiary/aromatic N) is 2. The fourth-order valence-corrected chi connectivity index (χ4v) is 1.62. The molecule has 4 nitrogen and oxygen atoms in total. The first kappa shape index (κ1) is 13.5. The summed E-state index contributed by atoms with van der Waals surface area (Å²) in [7, 11) is 0. The van der Waals surface area contributed by atoms with Crippen molar-refractivity contribution in [2.24, 2.45) is 0 Å². The number of para-hydroxylation sites is 1. The van der Waals surface area contributed by atoms with Crippen LogP contribution in [0.1, 0.15) is 12.4 Å². The van der Waals surface area contributed by atoms with Crippen LogP contribution in [0.5, 0.6) is 5.75 Å². The normalized spacial score (nSPS) is 10.9. The van der Waals surface area contributed by atoms with E-state index in [4.69, 9.17) is 4.74 Å². The molecule has 6 heteroatoms. The molecular formula is C13H15F2N3O. The summed E-state index contributed by atoms with van der Waals surface area (Å²) in [4.78, 5) is 3.87. The summed E-state index contributed by atoms with van der Waals surface area (Å²) >= 11 is 0. The zero-order valence-corrected chi connectivity index (χ0v) is 10.3. The monoisotopic (exact) mass is 267 g/mol. The maximum absolute atomic E-state index is 12.5. The predicted octanol–water partition coefficient (Wildman–Crippen LogP) is 2.45. The molecule has 0 fully saturated rings. The van der Waals surface area contributed by atoms with Crippen LogP contribution in [0, 0.1) is 0 Å². The highest BCUT2D eigenvalue weighted by molar-refractivity contribution is 5.20. The fraction of sp³-hybridized carbons (Fsp3) is 0.308. The minimum absolute atomic E-state index is 0.287.